The average Bonchev–Trinajstić information content (AvgIpc) is 2.24. The third kappa shape index (κ3) is 3.41. The number of hydrogen-bond acceptors (Lipinski definition) is 1. The van der Waals surface area contributed by atoms with E-state index in [1.807, 2.05) is 0 Å². The van der Waals surface area contributed by atoms with Gasteiger partial charge in [0.1, 0.15) is 17.7 Å². The number of aryl methyl sites for hydroxylation is 1. The lowest BCUT2D eigenvalue weighted by molar-refractivity contribution is -0.158. The van der Waals surface area contributed by atoms with Gasteiger partial charge in [-0.3, -0.25) is 0 Å². The number of nitrogens with one attached hydrogen (secondary N) is 1. The van der Waals surface area contributed by atoms with Crippen molar-refractivity contribution in [2.75, 3.05) is 6.54 Å². The Labute approximate surface area is 102 Å². The molecule has 0 fully saturated rings. The quantitative estimate of drug-likeness (QED) is 0.816. The minimum atomic E-state index is -4.67. The second-order valence-corrected chi connectivity index (χ2v) is 4.05. The van der Waals surface area contributed by atoms with Crippen LogP contribution in [0.3, 0.4) is 0 Å². The zero-order valence-corrected chi connectivity index (χ0v) is 10.0. The first-order chi connectivity index (χ1) is 8.27. The molecular formula is C12H14F5N. The Balaban J connectivity index is 3.16. The molecule has 1 rings (SSSR count). The molecule has 0 saturated heterocycles. The largest absolute Gasteiger partial charge is 0.408 e. The van der Waals surface area contributed by atoms with Gasteiger partial charge in [0.05, 0.1) is 0 Å². The highest BCUT2D eigenvalue weighted by Crippen LogP contribution is 2.34. The fraction of sp³-hybridized carbons (Fsp3) is 0.500. The van der Waals surface area contributed by atoms with E-state index < -0.39 is 29.4 Å². The van der Waals surface area contributed by atoms with Crippen LogP contribution in [0.2, 0.25) is 0 Å². The highest BCUT2D eigenvalue weighted by atomic mass is 19.4. The van der Waals surface area contributed by atoms with Gasteiger partial charge in [0.15, 0.2) is 0 Å². The minimum absolute atomic E-state index is 0.0207. The summed E-state index contributed by atoms with van der Waals surface area (Å²) in [7, 11) is 0. The molecule has 0 bridgehead atoms. The van der Waals surface area contributed by atoms with Gasteiger partial charge in [-0.05, 0) is 37.6 Å². The van der Waals surface area contributed by atoms with Crippen molar-refractivity contribution < 1.29 is 22.0 Å². The molecule has 1 nitrogen and oxygen atoms in total. The topological polar surface area (TPSA) is 12.0 Å². The van der Waals surface area contributed by atoms with Crippen molar-refractivity contribution in [3.05, 3.63) is 34.9 Å². The van der Waals surface area contributed by atoms with E-state index in [1.165, 1.54) is 6.92 Å². The van der Waals surface area contributed by atoms with Gasteiger partial charge in [0.25, 0.3) is 0 Å². The highest BCUT2D eigenvalue weighted by molar-refractivity contribution is 5.28. The van der Waals surface area contributed by atoms with Gasteiger partial charge in [-0.2, -0.15) is 13.2 Å². The maximum atomic E-state index is 13.5. The highest BCUT2D eigenvalue weighted by Gasteiger charge is 2.42. The fourth-order valence-electron chi connectivity index (χ4n) is 1.57. The molecule has 0 heterocycles. The van der Waals surface area contributed by atoms with Gasteiger partial charge in [0, 0.05) is 5.56 Å². The smallest absolute Gasteiger partial charge is 0.302 e. The van der Waals surface area contributed by atoms with Crippen molar-refractivity contribution in [1.29, 1.82) is 0 Å². The standard InChI is InChI=1S/C12H14F5N/c1-3-4-18-11(12(15,16)17)8-6-9(13)7(2)5-10(8)14/h5-6,11,18H,3-4H2,1-2H3. The molecule has 1 aromatic rings. The van der Waals surface area contributed by atoms with Gasteiger partial charge >= 0.3 is 6.18 Å². The first-order valence-electron chi connectivity index (χ1n) is 5.53. The molecule has 0 amide bonds. The number of benzene rings is 1. The molecule has 1 aromatic carbocycles. The molecule has 6 heteroatoms. The minimum Gasteiger partial charge on any atom is -0.302 e. The van der Waals surface area contributed by atoms with Crippen LogP contribution >= 0.6 is 0 Å². The molecule has 1 atom stereocenters. The Bertz CT molecular complexity index is 414. The Morgan fingerprint density at radius 3 is 2.28 bits per heavy atom. The predicted octanol–water partition coefficient (Wildman–Crippen LogP) is 3.88. The van der Waals surface area contributed by atoms with Crippen LogP contribution < -0.4 is 5.32 Å². The molecular weight excluding hydrogens is 253 g/mol. The summed E-state index contributed by atoms with van der Waals surface area (Å²) < 4.78 is 65.2. The molecule has 0 spiro atoms. The van der Waals surface area contributed by atoms with E-state index in [0.29, 0.717) is 12.5 Å². The van der Waals surface area contributed by atoms with E-state index in [4.69, 9.17) is 0 Å². The molecule has 102 valence electrons. The zero-order chi connectivity index (χ0) is 13.9. The Hall–Kier alpha value is -1.17. The maximum absolute atomic E-state index is 13.5. The van der Waals surface area contributed by atoms with E-state index in [-0.39, 0.29) is 12.1 Å². The molecule has 0 saturated carbocycles. The van der Waals surface area contributed by atoms with E-state index in [2.05, 4.69) is 5.32 Å². The summed E-state index contributed by atoms with van der Waals surface area (Å²) in [4.78, 5) is 0. The molecule has 0 aliphatic carbocycles. The molecule has 1 unspecified atom stereocenters. The van der Waals surface area contributed by atoms with Gasteiger partial charge in [0.2, 0.25) is 0 Å². The SMILES string of the molecule is CCCNC(c1cc(F)c(C)cc1F)C(F)(F)F. The first-order valence-corrected chi connectivity index (χ1v) is 5.53. The molecule has 0 aromatic heterocycles. The van der Waals surface area contributed by atoms with E-state index in [9.17, 15) is 22.0 Å². The Kier molecular flexibility index (Phi) is 4.67. The molecule has 1 N–H and O–H groups in total. The van der Waals surface area contributed by atoms with Crippen LogP contribution in [0.1, 0.15) is 30.5 Å². The lowest BCUT2D eigenvalue weighted by Gasteiger charge is -2.22. The number of hydrogen-bond donors (Lipinski definition) is 1. The van der Waals surface area contributed by atoms with Gasteiger partial charge < -0.3 is 5.32 Å². The summed E-state index contributed by atoms with van der Waals surface area (Å²) in [5.74, 6) is -1.90. The maximum Gasteiger partial charge on any atom is 0.408 e. The summed E-state index contributed by atoms with van der Waals surface area (Å²) >= 11 is 0. The van der Waals surface area contributed by atoms with Crippen LogP contribution in [0.15, 0.2) is 12.1 Å². The summed E-state index contributed by atoms with van der Waals surface area (Å²) in [5, 5.41) is 2.18. The third-order valence-corrected chi connectivity index (χ3v) is 2.51. The van der Waals surface area contributed by atoms with Crippen molar-refractivity contribution in [1.82, 2.24) is 5.32 Å². The number of alkyl halides is 3. The van der Waals surface area contributed by atoms with Crippen LogP contribution in [0, 0.1) is 18.6 Å². The van der Waals surface area contributed by atoms with Crippen LogP contribution in [-0.2, 0) is 0 Å². The third-order valence-electron chi connectivity index (χ3n) is 2.51. The normalized spacial score (nSPS) is 13.7. The van der Waals surface area contributed by atoms with Crippen LogP contribution in [-0.4, -0.2) is 12.7 Å². The number of halogens is 5. The summed E-state index contributed by atoms with van der Waals surface area (Å²) in [6.45, 7) is 3.05. The second kappa shape index (κ2) is 5.65. The van der Waals surface area contributed by atoms with Crippen LogP contribution in [0.5, 0.6) is 0 Å². The lowest BCUT2D eigenvalue weighted by atomic mass is 10.0. The predicted molar refractivity (Wildman–Crippen MR) is 58.2 cm³/mol. The summed E-state index contributed by atoms with van der Waals surface area (Å²) in [6, 6.07) is -0.810. The molecule has 0 aliphatic rings. The van der Waals surface area contributed by atoms with Gasteiger partial charge in [-0.15, -0.1) is 0 Å². The fourth-order valence-corrected chi connectivity index (χ4v) is 1.57. The molecule has 18 heavy (non-hydrogen) atoms. The van der Waals surface area contributed by atoms with Crippen molar-refractivity contribution in [2.45, 2.75) is 32.5 Å². The lowest BCUT2D eigenvalue weighted by Crippen LogP contribution is -2.35. The van der Waals surface area contributed by atoms with E-state index >= 15 is 0 Å². The van der Waals surface area contributed by atoms with Crippen molar-refractivity contribution in [3.63, 3.8) is 0 Å². The first kappa shape index (κ1) is 14.9. The zero-order valence-electron chi connectivity index (χ0n) is 10.0. The average molecular weight is 267 g/mol. The van der Waals surface area contributed by atoms with Crippen molar-refractivity contribution in [3.8, 4) is 0 Å². The number of rotatable bonds is 4. The van der Waals surface area contributed by atoms with Gasteiger partial charge in [-0.1, -0.05) is 6.92 Å². The van der Waals surface area contributed by atoms with Crippen LogP contribution in [0.4, 0.5) is 22.0 Å². The Morgan fingerprint density at radius 2 is 1.78 bits per heavy atom. The second-order valence-electron chi connectivity index (χ2n) is 4.05. The van der Waals surface area contributed by atoms with Crippen molar-refractivity contribution >= 4 is 0 Å². The summed E-state index contributed by atoms with van der Waals surface area (Å²) in [5.41, 5.74) is -0.730. The van der Waals surface area contributed by atoms with Crippen LogP contribution in [0.25, 0.3) is 0 Å². The molecule has 0 aliphatic heterocycles. The van der Waals surface area contributed by atoms with Gasteiger partial charge in [-0.25, -0.2) is 8.78 Å². The Morgan fingerprint density at radius 1 is 1.17 bits per heavy atom. The molecule has 0 radical (unpaired) electrons. The van der Waals surface area contributed by atoms with E-state index in [1.54, 1.807) is 6.92 Å². The van der Waals surface area contributed by atoms with Crippen molar-refractivity contribution in [2.24, 2.45) is 0 Å². The monoisotopic (exact) mass is 267 g/mol. The summed E-state index contributed by atoms with van der Waals surface area (Å²) in [6.07, 6.45) is -4.21. The van der Waals surface area contributed by atoms with E-state index in [0.717, 1.165) is 6.07 Å².